The highest BCUT2D eigenvalue weighted by Crippen LogP contribution is 2.35. The van der Waals surface area contributed by atoms with Crippen LogP contribution in [0.4, 0.5) is 0 Å². The van der Waals surface area contributed by atoms with E-state index >= 15 is 0 Å². The van der Waals surface area contributed by atoms with Crippen molar-refractivity contribution < 1.29 is 9.84 Å². The van der Waals surface area contributed by atoms with Gasteiger partial charge in [-0.1, -0.05) is 37.1 Å². The van der Waals surface area contributed by atoms with Gasteiger partial charge in [-0.05, 0) is 23.5 Å². The predicted molar refractivity (Wildman–Crippen MR) is 62.2 cm³/mol. The van der Waals surface area contributed by atoms with Crippen LogP contribution in [0.5, 0.6) is 0 Å². The zero-order valence-electron chi connectivity index (χ0n) is 9.43. The highest BCUT2D eigenvalue weighted by atomic mass is 16.5. The van der Waals surface area contributed by atoms with Crippen LogP contribution in [0.3, 0.4) is 0 Å². The summed E-state index contributed by atoms with van der Waals surface area (Å²) in [7, 11) is 0. The maximum absolute atomic E-state index is 10.1. The molecule has 1 N–H and O–H groups in total. The maximum atomic E-state index is 10.1. The number of aliphatic hydroxyl groups excluding tert-OH is 1. The molecule has 16 heavy (non-hydrogen) atoms. The van der Waals surface area contributed by atoms with Crippen molar-refractivity contribution in [1.82, 2.24) is 0 Å². The number of rotatable bonds is 4. The molecule has 2 atom stereocenters. The average molecular weight is 218 g/mol. The fourth-order valence-electron chi connectivity index (χ4n) is 2.48. The van der Waals surface area contributed by atoms with Crippen molar-refractivity contribution in [3.05, 3.63) is 35.4 Å². The molecule has 0 heterocycles. The topological polar surface area (TPSA) is 29.5 Å². The van der Waals surface area contributed by atoms with Crippen LogP contribution in [0.1, 0.15) is 36.5 Å². The summed E-state index contributed by atoms with van der Waals surface area (Å²) in [6, 6.07) is 8.10. The molecule has 1 saturated carbocycles. The van der Waals surface area contributed by atoms with Crippen LogP contribution in [0.25, 0.3) is 0 Å². The molecule has 2 aliphatic rings. The van der Waals surface area contributed by atoms with Crippen LogP contribution in [-0.4, -0.2) is 17.8 Å². The molecular formula is C14H18O2. The Morgan fingerprint density at radius 2 is 2.06 bits per heavy atom. The standard InChI is InChI=1S/C14H18O2/c15-14-12-4-2-1-3-11(12)9-13(14)16-8-7-10-5-6-10/h1-4,10,13-15H,5-9H2. The molecule has 2 aliphatic carbocycles. The van der Waals surface area contributed by atoms with E-state index in [1.807, 2.05) is 18.2 Å². The minimum atomic E-state index is -0.421. The molecule has 0 aliphatic heterocycles. The number of ether oxygens (including phenoxy) is 1. The van der Waals surface area contributed by atoms with Crippen molar-refractivity contribution in [3.63, 3.8) is 0 Å². The molecule has 2 nitrogen and oxygen atoms in total. The van der Waals surface area contributed by atoms with Gasteiger partial charge < -0.3 is 9.84 Å². The second-order valence-electron chi connectivity index (χ2n) is 4.99. The van der Waals surface area contributed by atoms with E-state index in [1.165, 1.54) is 24.8 Å². The Bertz CT molecular complexity index is 371. The lowest BCUT2D eigenvalue weighted by atomic mass is 10.1. The van der Waals surface area contributed by atoms with Crippen molar-refractivity contribution in [3.8, 4) is 0 Å². The van der Waals surface area contributed by atoms with E-state index in [4.69, 9.17) is 4.74 Å². The first-order valence-electron chi connectivity index (χ1n) is 6.22. The van der Waals surface area contributed by atoms with Crippen molar-refractivity contribution in [1.29, 1.82) is 0 Å². The van der Waals surface area contributed by atoms with Crippen LogP contribution in [0.2, 0.25) is 0 Å². The van der Waals surface area contributed by atoms with E-state index in [1.54, 1.807) is 0 Å². The van der Waals surface area contributed by atoms with Crippen molar-refractivity contribution in [2.45, 2.75) is 37.9 Å². The SMILES string of the molecule is OC1c2ccccc2CC1OCCC1CC1. The minimum Gasteiger partial charge on any atom is -0.386 e. The molecule has 0 amide bonds. The Kier molecular flexibility index (Phi) is 2.70. The zero-order valence-corrected chi connectivity index (χ0v) is 9.43. The summed E-state index contributed by atoms with van der Waals surface area (Å²) in [4.78, 5) is 0. The van der Waals surface area contributed by atoms with E-state index < -0.39 is 6.10 Å². The third kappa shape index (κ3) is 2.00. The zero-order chi connectivity index (χ0) is 11.0. The fourth-order valence-corrected chi connectivity index (χ4v) is 2.48. The van der Waals surface area contributed by atoms with E-state index in [-0.39, 0.29) is 6.10 Å². The van der Waals surface area contributed by atoms with Gasteiger partial charge in [0.2, 0.25) is 0 Å². The van der Waals surface area contributed by atoms with Gasteiger partial charge in [-0.3, -0.25) is 0 Å². The molecule has 1 aromatic carbocycles. The predicted octanol–water partition coefficient (Wildman–Crippen LogP) is 2.46. The lowest BCUT2D eigenvalue weighted by Gasteiger charge is -2.15. The summed E-state index contributed by atoms with van der Waals surface area (Å²) in [6.45, 7) is 0.806. The summed E-state index contributed by atoms with van der Waals surface area (Å²) in [5.74, 6) is 0.904. The Balaban J connectivity index is 1.58. The molecule has 1 aromatic rings. The van der Waals surface area contributed by atoms with Gasteiger partial charge in [0.15, 0.2) is 0 Å². The molecule has 0 saturated heterocycles. The average Bonchev–Trinajstić information content (AvgIpc) is 3.06. The molecule has 86 valence electrons. The van der Waals surface area contributed by atoms with E-state index in [9.17, 15) is 5.11 Å². The van der Waals surface area contributed by atoms with Gasteiger partial charge >= 0.3 is 0 Å². The van der Waals surface area contributed by atoms with E-state index in [2.05, 4.69) is 6.07 Å². The van der Waals surface area contributed by atoms with Gasteiger partial charge in [-0.2, -0.15) is 0 Å². The van der Waals surface area contributed by atoms with Crippen LogP contribution in [0, 0.1) is 5.92 Å². The first-order chi connectivity index (χ1) is 7.84. The number of benzene rings is 1. The first kappa shape index (κ1) is 10.3. The summed E-state index contributed by atoms with van der Waals surface area (Å²) in [5, 5.41) is 10.1. The van der Waals surface area contributed by atoms with Crippen LogP contribution < -0.4 is 0 Å². The number of fused-ring (bicyclic) bond motifs is 1. The van der Waals surface area contributed by atoms with Crippen molar-refractivity contribution >= 4 is 0 Å². The Hall–Kier alpha value is -0.860. The van der Waals surface area contributed by atoms with Crippen molar-refractivity contribution in [2.75, 3.05) is 6.61 Å². The van der Waals surface area contributed by atoms with Gasteiger partial charge in [0.05, 0.1) is 6.10 Å². The smallest absolute Gasteiger partial charge is 0.106 e. The van der Waals surface area contributed by atoms with E-state index in [0.717, 1.165) is 24.5 Å². The van der Waals surface area contributed by atoms with Gasteiger partial charge in [0.1, 0.15) is 6.10 Å². The largest absolute Gasteiger partial charge is 0.386 e. The molecule has 2 unspecified atom stereocenters. The molecule has 3 rings (SSSR count). The van der Waals surface area contributed by atoms with Gasteiger partial charge in [-0.25, -0.2) is 0 Å². The summed E-state index contributed by atoms with van der Waals surface area (Å²) < 4.78 is 5.80. The highest BCUT2D eigenvalue weighted by Gasteiger charge is 2.31. The highest BCUT2D eigenvalue weighted by molar-refractivity contribution is 5.35. The molecule has 1 fully saturated rings. The lowest BCUT2D eigenvalue weighted by molar-refractivity contribution is -0.0295. The molecule has 0 radical (unpaired) electrons. The number of hydrogen-bond acceptors (Lipinski definition) is 2. The molecule has 2 heteroatoms. The fraction of sp³-hybridized carbons (Fsp3) is 0.571. The van der Waals surface area contributed by atoms with Crippen molar-refractivity contribution in [2.24, 2.45) is 5.92 Å². The molecule has 0 spiro atoms. The first-order valence-corrected chi connectivity index (χ1v) is 6.22. The quantitative estimate of drug-likeness (QED) is 0.841. The van der Waals surface area contributed by atoms with E-state index in [0.29, 0.717) is 0 Å². The molecule has 0 bridgehead atoms. The normalized spacial score (nSPS) is 28.1. The molecular weight excluding hydrogens is 200 g/mol. The van der Waals surface area contributed by atoms with Gasteiger partial charge in [-0.15, -0.1) is 0 Å². The lowest BCUT2D eigenvalue weighted by Crippen LogP contribution is -2.19. The van der Waals surface area contributed by atoms with Gasteiger partial charge in [0, 0.05) is 13.0 Å². The Morgan fingerprint density at radius 1 is 1.25 bits per heavy atom. The van der Waals surface area contributed by atoms with Crippen LogP contribution in [0.15, 0.2) is 24.3 Å². The Morgan fingerprint density at radius 3 is 2.81 bits per heavy atom. The third-order valence-corrected chi connectivity index (χ3v) is 3.70. The third-order valence-electron chi connectivity index (χ3n) is 3.70. The minimum absolute atomic E-state index is 0.0175. The Labute approximate surface area is 96.2 Å². The van der Waals surface area contributed by atoms with Crippen LogP contribution >= 0.6 is 0 Å². The van der Waals surface area contributed by atoms with Crippen LogP contribution in [-0.2, 0) is 11.2 Å². The van der Waals surface area contributed by atoms with Gasteiger partial charge in [0.25, 0.3) is 0 Å². The number of hydrogen-bond donors (Lipinski definition) is 1. The summed E-state index contributed by atoms with van der Waals surface area (Å²) in [5.41, 5.74) is 2.30. The summed E-state index contributed by atoms with van der Waals surface area (Å²) in [6.07, 6.45) is 4.33. The maximum Gasteiger partial charge on any atom is 0.106 e. The molecule has 0 aromatic heterocycles. The summed E-state index contributed by atoms with van der Waals surface area (Å²) >= 11 is 0. The second kappa shape index (κ2) is 4.19. The monoisotopic (exact) mass is 218 g/mol. The number of aliphatic hydroxyl groups is 1. The second-order valence-corrected chi connectivity index (χ2v) is 4.99.